The second-order valence-corrected chi connectivity index (χ2v) is 5.21. The fourth-order valence-corrected chi connectivity index (χ4v) is 1.50. The number of pyridine rings is 1. The molecule has 1 aromatic heterocycles. The number of hydrogen-bond acceptors (Lipinski definition) is 2. The van der Waals surface area contributed by atoms with Crippen molar-refractivity contribution in [2.75, 3.05) is 7.11 Å². The minimum absolute atomic E-state index is 0.0772. The van der Waals surface area contributed by atoms with E-state index in [-0.39, 0.29) is 5.41 Å². The zero-order valence-corrected chi connectivity index (χ0v) is 10.6. The summed E-state index contributed by atoms with van der Waals surface area (Å²) in [6, 6.07) is 2.05. The van der Waals surface area contributed by atoms with Gasteiger partial charge in [-0.3, -0.25) is 4.98 Å². The third-order valence-corrected chi connectivity index (χ3v) is 2.51. The summed E-state index contributed by atoms with van der Waals surface area (Å²) in [7, 11) is 1.72. The Bertz CT molecular complexity index is 337. The Balaban J connectivity index is 3.21. The van der Waals surface area contributed by atoms with Crippen molar-refractivity contribution in [1.82, 2.24) is 4.98 Å². The van der Waals surface area contributed by atoms with Crippen molar-refractivity contribution in [3.63, 3.8) is 0 Å². The molecule has 0 aliphatic rings. The standard InChI is InChI=1S/C13H21NO/c1-9(2)11-7-12(15-6)10(8-14-11)13(3,4)5/h7-9H,1-6H3. The normalized spacial score (nSPS) is 11.9. The minimum Gasteiger partial charge on any atom is -0.496 e. The average molecular weight is 207 g/mol. The summed E-state index contributed by atoms with van der Waals surface area (Å²) in [5.74, 6) is 1.38. The van der Waals surface area contributed by atoms with Gasteiger partial charge in [-0.2, -0.15) is 0 Å². The van der Waals surface area contributed by atoms with Crippen LogP contribution in [0.15, 0.2) is 12.3 Å². The van der Waals surface area contributed by atoms with E-state index in [2.05, 4.69) is 39.6 Å². The maximum Gasteiger partial charge on any atom is 0.125 e. The topological polar surface area (TPSA) is 22.1 Å². The highest BCUT2D eigenvalue weighted by atomic mass is 16.5. The van der Waals surface area contributed by atoms with Crippen molar-refractivity contribution in [2.45, 2.75) is 46.0 Å². The molecule has 2 nitrogen and oxygen atoms in total. The number of aromatic nitrogens is 1. The molecule has 1 heterocycles. The van der Waals surface area contributed by atoms with Crippen LogP contribution in [0.1, 0.15) is 51.8 Å². The molecule has 0 radical (unpaired) electrons. The van der Waals surface area contributed by atoms with Gasteiger partial charge in [0.05, 0.1) is 7.11 Å². The van der Waals surface area contributed by atoms with E-state index in [0.717, 1.165) is 17.0 Å². The SMILES string of the molecule is COc1cc(C(C)C)ncc1C(C)(C)C. The predicted octanol–water partition coefficient (Wildman–Crippen LogP) is 3.51. The molecule has 0 N–H and O–H groups in total. The van der Waals surface area contributed by atoms with Crippen LogP contribution in [-0.2, 0) is 5.41 Å². The molecule has 0 unspecified atom stereocenters. The van der Waals surface area contributed by atoms with Crippen LogP contribution in [-0.4, -0.2) is 12.1 Å². The van der Waals surface area contributed by atoms with Crippen molar-refractivity contribution in [3.8, 4) is 5.75 Å². The average Bonchev–Trinajstić information content (AvgIpc) is 2.15. The van der Waals surface area contributed by atoms with E-state index < -0.39 is 0 Å². The molecule has 0 aliphatic carbocycles. The molecule has 0 aliphatic heterocycles. The van der Waals surface area contributed by atoms with E-state index in [1.165, 1.54) is 0 Å². The van der Waals surface area contributed by atoms with Crippen LogP contribution >= 0.6 is 0 Å². The van der Waals surface area contributed by atoms with E-state index in [1.54, 1.807) is 7.11 Å². The van der Waals surface area contributed by atoms with Crippen LogP contribution in [0.3, 0.4) is 0 Å². The first-order valence-electron chi connectivity index (χ1n) is 5.40. The van der Waals surface area contributed by atoms with Gasteiger partial charge >= 0.3 is 0 Å². The number of rotatable bonds is 2. The van der Waals surface area contributed by atoms with Crippen LogP contribution < -0.4 is 4.74 Å². The fraction of sp³-hybridized carbons (Fsp3) is 0.615. The number of nitrogens with zero attached hydrogens (tertiary/aromatic N) is 1. The molecular formula is C13H21NO. The van der Waals surface area contributed by atoms with Crippen LogP contribution in [0.5, 0.6) is 5.75 Å². The molecule has 0 fully saturated rings. The van der Waals surface area contributed by atoms with Gasteiger partial charge in [-0.1, -0.05) is 34.6 Å². The Morgan fingerprint density at radius 3 is 2.27 bits per heavy atom. The van der Waals surface area contributed by atoms with Gasteiger partial charge < -0.3 is 4.74 Å². The monoisotopic (exact) mass is 207 g/mol. The lowest BCUT2D eigenvalue weighted by atomic mass is 9.87. The van der Waals surface area contributed by atoms with Gasteiger partial charge in [0.15, 0.2) is 0 Å². The first kappa shape index (κ1) is 12.0. The number of methoxy groups -OCH3 is 1. The molecule has 0 saturated heterocycles. The molecule has 1 rings (SSSR count). The zero-order chi connectivity index (χ0) is 11.6. The molecule has 0 saturated carbocycles. The van der Waals surface area contributed by atoms with Crippen molar-refractivity contribution in [2.24, 2.45) is 0 Å². The molecule has 0 spiro atoms. The quantitative estimate of drug-likeness (QED) is 0.740. The highest BCUT2D eigenvalue weighted by molar-refractivity contribution is 5.38. The van der Waals surface area contributed by atoms with E-state index in [9.17, 15) is 0 Å². The summed E-state index contributed by atoms with van der Waals surface area (Å²) in [4.78, 5) is 4.47. The van der Waals surface area contributed by atoms with Crippen LogP contribution in [0.4, 0.5) is 0 Å². The maximum atomic E-state index is 5.42. The Labute approximate surface area is 92.7 Å². The molecular weight excluding hydrogens is 186 g/mol. The van der Waals surface area contributed by atoms with Gasteiger partial charge in [0, 0.05) is 23.5 Å². The van der Waals surface area contributed by atoms with Crippen molar-refractivity contribution in [3.05, 3.63) is 23.5 Å². The van der Waals surface area contributed by atoms with Gasteiger partial charge in [-0.25, -0.2) is 0 Å². The second-order valence-electron chi connectivity index (χ2n) is 5.21. The molecule has 1 aromatic rings. The summed E-state index contributed by atoms with van der Waals surface area (Å²) < 4.78 is 5.42. The summed E-state index contributed by atoms with van der Waals surface area (Å²) in [5, 5.41) is 0. The molecule has 0 amide bonds. The predicted molar refractivity (Wildman–Crippen MR) is 63.6 cm³/mol. The number of ether oxygens (including phenoxy) is 1. The van der Waals surface area contributed by atoms with Gasteiger partial charge in [0.1, 0.15) is 5.75 Å². The summed E-state index contributed by atoms with van der Waals surface area (Å²) in [5.41, 5.74) is 2.32. The van der Waals surface area contributed by atoms with Crippen molar-refractivity contribution >= 4 is 0 Å². The summed E-state index contributed by atoms with van der Waals surface area (Å²) >= 11 is 0. The van der Waals surface area contributed by atoms with Crippen LogP contribution in [0.2, 0.25) is 0 Å². The summed E-state index contributed by atoms with van der Waals surface area (Å²) in [6.45, 7) is 10.8. The second kappa shape index (κ2) is 4.21. The van der Waals surface area contributed by atoms with E-state index in [0.29, 0.717) is 5.92 Å². The fourth-order valence-electron chi connectivity index (χ4n) is 1.50. The lowest BCUT2D eigenvalue weighted by Crippen LogP contribution is -2.14. The van der Waals surface area contributed by atoms with E-state index in [4.69, 9.17) is 4.74 Å². The van der Waals surface area contributed by atoms with Gasteiger partial charge in [-0.05, 0) is 11.3 Å². The molecule has 2 heteroatoms. The Morgan fingerprint density at radius 1 is 1.27 bits per heavy atom. The molecule has 0 atom stereocenters. The Morgan fingerprint density at radius 2 is 1.87 bits per heavy atom. The molecule has 0 bridgehead atoms. The first-order valence-corrected chi connectivity index (χ1v) is 5.40. The first-order chi connectivity index (χ1) is 6.86. The van der Waals surface area contributed by atoms with Crippen molar-refractivity contribution in [1.29, 1.82) is 0 Å². The van der Waals surface area contributed by atoms with E-state index in [1.807, 2.05) is 12.3 Å². The lowest BCUT2D eigenvalue weighted by Gasteiger charge is -2.22. The Hall–Kier alpha value is -1.05. The van der Waals surface area contributed by atoms with Crippen LogP contribution in [0.25, 0.3) is 0 Å². The van der Waals surface area contributed by atoms with Gasteiger partial charge in [0.25, 0.3) is 0 Å². The van der Waals surface area contributed by atoms with Gasteiger partial charge in [-0.15, -0.1) is 0 Å². The van der Waals surface area contributed by atoms with Gasteiger partial charge in [0.2, 0.25) is 0 Å². The minimum atomic E-state index is 0.0772. The molecule has 0 aromatic carbocycles. The Kier molecular flexibility index (Phi) is 3.38. The van der Waals surface area contributed by atoms with Crippen molar-refractivity contribution < 1.29 is 4.74 Å². The highest BCUT2D eigenvalue weighted by Gasteiger charge is 2.20. The summed E-state index contributed by atoms with van der Waals surface area (Å²) in [6.07, 6.45) is 1.94. The third-order valence-electron chi connectivity index (χ3n) is 2.51. The zero-order valence-electron chi connectivity index (χ0n) is 10.6. The van der Waals surface area contributed by atoms with E-state index >= 15 is 0 Å². The molecule has 84 valence electrons. The third kappa shape index (κ3) is 2.71. The highest BCUT2D eigenvalue weighted by Crippen LogP contribution is 2.32. The largest absolute Gasteiger partial charge is 0.496 e. The molecule has 15 heavy (non-hydrogen) atoms. The van der Waals surface area contributed by atoms with Crippen LogP contribution in [0, 0.1) is 0 Å². The lowest BCUT2D eigenvalue weighted by molar-refractivity contribution is 0.395. The maximum absolute atomic E-state index is 5.42. The number of hydrogen-bond donors (Lipinski definition) is 0. The smallest absolute Gasteiger partial charge is 0.125 e.